The van der Waals surface area contributed by atoms with Crippen molar-refractivity contribution in [3.05, 3.63) is 35.9 Å². The Bertz CT molecular complexity index is 1430. The highest BCUT2D eigenvalue weighted by molar-refractivity contribution is 5.84. The summed E-state index contributed by atoms with van der Waals surface area (Å²) in [6.45, 7) is 7.89. The molecule has 1 aliphatic heterocycles. The lowest BCUT2D eigenvalue weighted by atomic mass is 9.81. The Balaban J connectivity index is 1.47. The molecule has 2 fully saturated rings. The predicted molar refractivity (Wildman–Crippen MR) is 213 cm³/mol. The molecule has 1 aliphatic carbocycles. The molecule has 0 radical (unpaired) electrons. The van der Waals surface area contributed by atoms with E-state index in [0.29, 0.717) is 64.2 Å². The Kier molecular flexibility index (Phi) is 19.3. The van der Waals surface area contributed by atoms with E-state index in [9.17, 15) is 19.5 Å². The van der Waals surface area contributed by atoms with Gasteiger partial charge in [0.1, 0.15) is 19.0 Å². The number of anilines is 2. The third-order valence-corrected chi connectivity index (χ3v) is 11.0. The molecule has 1 saturated carbocycles. The molecule has 1 aromatic heterocycles. The molecule has 15 heteroatoms. The lowest BCUT2D eigenvalue weighted by molar-refractivity contribution is -0.157. The summed E-state index contributed by atoms with van der Waals surface area (Å²) < 4.78 is 22.2. The number of carbonyl (C=O) groups excluding carboxylic acids is 3. The molecule has 0 spiro atoms. The number of ether oxygens (including phenoxy) is 3. The summed E-state index contributed by atoms with van der Waals surface area (Å²) in [5.41, 5.74) is 6.42. The van der Waals surface area contributed by atoms with Crippen LogP contribution < -0.4 is 21.7 Å². The van der Waals surface area contributed by atoms with E-state index in [2.05, 4.69) is 33.0 Å². The number of rotatable bonds is 24. The van der Waals surface area contributed by atoms with Crippen molar-refractivity contribution in [3.8, 4) is 0 Å². The highest BCUT2D eigenvalue weighted by Crippen LogP contribution is 2.30. The van der Waals surface area contributed by atoms with Crippen molar-refractivity contribution in [3.63, 3.8) is 0 Å². The molecule has 5 unspecified atom stereocenters. The van der Waals surface area contributed by atoms with Crippen LogP contribution in [0.1, 0.15) is 103 Å². The number of amides is 3. The van der Waals surface area contributed by atoms with Crippen LogP contribution >= 0.6 is 0 Å². The zero-order valence-electron chi connectivity index (χ0n) is 34.0. The van der Waals surface area contributed by atoms with Crippen molar-refractivity contribution < 1.29 is 38.2 Å². The topological polar surface area (TPSA) is 203 Å². The number of aromatic nitrogens is 2. The van der Waals surface area contributed by atoms with E-state index in [1.807, 2.05) is 49.1 Å². The van der Waals surface area contributed by atoms with E-state index in [1.165, 1.54) is 6.42 Å². The predicted octanol–water partition coefficient (Wildman–Crippen LogP) is 4.46. The molecule has 0 bridgehead atoms. The normalized spacial score (nSPS) is 18.2. The molecule has 4 rings (SSSR count). The molecule has 2 aliphatic rings. The molecule has 2 heterocycles. The number of methoxy groups -OCH3 is 1. The molecule has 56 heavy (non-hydrogen) atoms. The largest absolute Gasteiger partial charge is 0.391 e. The van der Waals surface area contributed by atoms with Crippen LogP contribution in [0.2, 0.25) is 0 Å². The Morgan fingerprint density at radius 1 is 1.02 bits per heavy atom. The van der Waals surface area contributed by atoms with Crippen LogP contribution in [0.25, 0.3) is 0 Å². The van der Waals surface area contributed by atoms with E-state index < -0.39 is 30.3 Å². The van der Waals surface area contributed by atoms with Crippen LogP contribution in [0.3, 0.4) is 0 Å². The number of hydrogen-bond donors (Lipinski definition) is 5. The molecule has 314 valence electrons. The van der Waals surface area contributed by atoms with Gasteiger partial charge in [0.15, 0.2) is 0 Å². The lowest BCUT2D eigenvalue weighted by Gasteiger charge is -2.36. The number of unbranched alkanes of at least 4 members (excludes halogenated alkanes) is 1. The van der Waals surface area contributed by atoms with Crippen LogP contribution in [0.15, 0.2) is 34.9 Å². The smallest absolute Gasteiger partial charge is 0.320 e. The van der Waals surface area contributed by atoms with Gasteiger partial charge in [-0.2, -0.15) is 4.98 Å². The number of nitrogens with two attached hydrogens (primary N) is 1. The first-order valence-corrected chi connectivity index (χ1v) is 20.8. The van der Waals surface area contributed by atoms with Crippen molar-refractivity contribution in [2.45, 2.75) is 135 Å². The Labute approximate surface area is 332 Å². The molecule has 15 nitrogen and oxygen atoms in total. The fourth-order valence-corrected chi connectivity index (χ4v) is 7.76. The Morgan fingerprint density at radius 2 is 1.75 bits per heavy atom. The van der Waals surface area contributed by atoms with Crippen molar-refractivity contribution in [2.75, 3.05) is 51.1 Å². The number of aliphatic hydroxyl groups excluding tert-OH is 1. The Hall–Kier alpha value is -3.79. The van der Waals surface area contributed by atoms with Gasteiger partial charge in [0.2, 0.25) is 11.8 Å². The van der Waals surface area contributed by atoms with E-state index in [0.717, 1.165) is 44.1 Å². The zero-order chi connectivity index (χ0) is 40.3. The maximum absolute atomic E-state index is 14.4. The number of aliphatic hydroxyl groups is 1. The number of nitrogens with zero attached hydrogens (tertiary/aromatic N) is 3. The van der Waals surface area contributed by atoms with Crippen LogP contribution in [0.4, 0.5) is 12.0 Å². The fraction of sp³-hybridized carbons (Fsp3) is 0.732. The van der Waals surface area contributed by atoms with E-state index in [1.54, 1.807) is 7.11 Å². The number of carbonyl (C=O) groups is 3. The lowest BCUT2D eigenvalue weighted by Crippen LogP contribution is -2.52. The molecule has 5 atom stereocenters. The highest BCUT2D eigenvalue weighted by atomic mass is 16.7. The first kappa shape index (κ1) is 44.9. The van der Waals surface area contributed by atoms with Gasteiger partial charge in [0, 0.05) is 45.6 Å². The van der Waals surface area contributed by atoms with E-state index in [4.69, 9.17) is 24.5 Å². The summed E-state index contributed by atoms with van der Waals surface area (Å²) >= 11 is 0. The second kappa shape index (κ2) is 24.1. The average Bonchev–Trinajstić information content (AvgIpc) is 3.63. The summed E-state index contributed by atoms with van der Waals surface area (Å²) in [4.78, 5) is 47.7. The van der Waals surface area contributed by atoms with Gasteiger partial charge in [-0.3, -0.25) is 14.4 Å². The quantitative estimate of drug-likeness (QED) is 0.0740. The molecular weight excluding hydrogens is 718 g/mol. The van der Waals surface area contributed by atoms with E-state index >= 15 is 0 Å². The van der Waals surface area contributed by atoms with Crippen LogP contribution in [0, 0.1) is 17.8 Å². The average molecular weight is 786 g/mol. The molecule has 2 aromatic rings. The minimum Gasteiger partial charge on any atom is -0.391 e. The maximum Gasteiger partial charge on any atom is 0.320 e. The summed E-state index contributed by atoms with van der Waals surface area (Å²) in [5.74, 6) is -0.651. The summed E-state index contributed by atoms with van der Waals surface area (Å²) in [7, 11) is 1.59. The van der Waals surface area contributed by atoms with Gasteiger partial charge in [0.25, 0.3) is 11.9 Å². The first-order chi connectivity index (χ1) is 27.1. The molecular formula is C41H67N7O8. The zero-order valence-corrected chi connectivity index (χ0v) is 34.0. The van der Waals surface area contributed by atoms with Crippen molar-refractivity contribution in [1.29, 1.82) is 0 Å². The summed E-state index contributed by atoms with van der Waals surface area (Å²) in [6.07, 6.45) is 7.23. The maximum atomic E-state index is 14.4. The number of piperidine rings is 1. The van der Waals surface area contributed by atoms with Crippen molar-refractivity contribution in [1.82, 2.24) is 25.7 Å². The Morgan fingerprint density at radius 3 is 2.39 bits per heavy atom. The molecule has 3 amide bonds. The highest BCUT2D eigenvalue weighted by Gasteiger charge is 2.36. The fourth-order valence-electron chi connectivity index (χ4n) is 7.76. The molecule has 6 N–H and O–H groups in total. The standard InChI is InChI=1S/C41H67N7O8/c1-5-6-17-35(55-36(25-30-15-11-8-12-16-30)39(52)48-22-18-31(19-23-48)54-27-53-4)38(51)45-33(24-29-13-9-7-10-14-29)34(49)26-32(28(2)3)37(50)43-20-21-44-41-46-40(42)56-47-41/h8,11-12,15-16,28-29,31-36,49H,5-7,9-10,13-14,17-27H2,1-4H3,(H,43,50)(H,45,51)(H3,42,44,46,47). The van der Waals surface area contributed by atoms with Gasteiger partial charge in [-0.25, -0.2) is 0 Å². The third kappa shape index (κ3) is 14.9. The third-order valence-electron chi connectivity index (χ3n) is 11.0. The van der Waals surface area contributed by atoms with Crippen molar-refractivity contribution in [2.24, 2.45) is 17.8 Å². The number of hydrogen-bond acceptors (Lipinski definition) is 12. The van der Waals surface area contributed by atoms with Gasteiger partial charge in [-0.1, -0.05) is 96.0 Å². The van der Waals surface area contributed by atoms with Crippen LogP contribution in [-0.4, -0.2) is 108 Å². The van der Waals surface area contributed by atoms with Crippen LogP contribution in [0.5, 0.6) is 0 Å². The van der Waals surface area contributed by atoms with Gasteiger partial charge < -0.3 is 50.4 Å². The van der Waals surface area contributed by atoms with Gasteiger partial charge >= 0.3 is 6.01 Å². The molecule has 1 saturated heterocycles. The van der Waals surface area contributed by atoms with Crippen LogP contribution in [-0.2, 0) is 35.0 Å². The summed E-state index contributed by atoms with van der Waals surface area (Å²) in [5, 5.41) is 24.7. The van der Waals surface area contributed by atoms with Crippen molar-refractivity contribution >= 4 is 29.7 Å². The number of likely N-dealkylation sites (tertiary alicyclic amines) is 1. The van der Waals surface area contributed by atoms with Gasteiger partial charge in [0.05, 0.1) is 18.2 Å². The number of nitrogen functional groups attached to an aromatic ring is 1. The first-order valence-electron chi connectivity index (χ1n) is 20.8. The second-order valence-corrected chi connectivity index (χ2v) is 15.7. The minimum atomic E-state index is -0.977. The molecule has 1 aromatic carbocycles. The number of nitrogens with one attached hydrogen (secondary N) is 3. The minimum absolute atomic E-state index is 0.0181. The number of benzene rings is 1. The SMILES string of the molecule is CCCCC(OC(Cc1ccccc1)C(=O)N1CCC(OCOC)CC1)C(=O)NC(CC1CCCCC1)C(O)CC(C(=O)NCCNc1noc(N)n1)C(C)C. The monoisotopic (exact) mass is 786 g/mol. The van der Waals surface area contributed by atoms with E-state index in [-0.39, 0.29) is 54.9 Å². The summed E-state index contributed by atoms with van der Waals surface area (Å²) in [6, 6.07) is 9.09. The van der Waals surface area contributed by atoms with Gasteiger partial charge in [-0.15, -0.1) is 0 Å². The second-order valence-electron chi connectivity index (χ2n) is 15.7. The van der Waals surface area contributed by atoms with Gasteiger partial charge in [-0.05, 0) is 54.7 Å².